The van der Waals surface area contributed by atoms with E-state index in [0.717, 1.165) is 48.0 Å². The molecule has 0 heterocycles. The number of sulfone groups is 1. The van der Waals surface area contributed by atoms with Crippen LogP contribution in [0.1, 0.15) is 68.2 Å². The number of hydrogen-bond donors (Lipinski definition) is 0. The summed E-state index contributed by atoms with van der Waals surface area (Å²) in [5.74, 6) is 6.08. The van der Waals surface area contributed by atoms with E-state index in [-0.39, 0.29) is 13.8 Å². The van der Waals surface area contributed by atoms with Gasteiger partial charge in [0.15, 0.2) is 5.41 Å². The molecule has 2 fully saturated rings. The zero-order valence-corrected chi connectivity index (χ0v) is 22.3. The van der Waals surface area contributed by atoms with Crippen molar-refractivity contribution in [2.75, 3.05) is 12.5 Å². The second kappa shape index (κ2) is 10.9. The van der Waals surface area contributed by atoms with Crippen molar-refractivity contribution < 1.29 is 34.8 Å². The van der Waals surface area contributed by atoms with Crippen LogP contribution in [0.4, 0.5) is 26.3 Å². The molecule has 0 amide bonds. The van der Waals surface area contributed by atoms with Crippen LogP contribution in [-0.4, -0.2) is 33.3 Å². The van der Waals surface area contributed by atoms with Crippen molar-refractivity contribution in [2.45, 2.75) is 80.6 Å². The van der Waals surface area contributed by atoms with Gasteiger partial charge < -0.3 is 0 Å². The highest BCUT2D eigenvalue weighted by Gasteiger charge is 2.64. The number of hydrogen-bond acceptors (Lipinski definition) is 2. The van der Waals surface area contributed by atoms with Gasteiger partial charge in [-0.2, -0.15) is 26.3 Å². The van der Waals surface area contributed by atoms with Crippen LogP contribution in [0.2, 0.25) is 0 Å². The normalized spacial score (nSPS) is 30.9. The summed E-state index contributed by atoms with van der Waals surface area (Å²) in [6, 6.07) is 0. The molecule has 0 aromatic heterocycles. The van der Waals surface area contributed by atoms with Crippen molar-refractivity contribution in [1.82, 2.24) is 0 Å². The second-order valence-electron chi connectivity index (χ2n) is 12.1. The maximum atomic E-state index is 11.6. The van der Waals surface area contributed by atoms with Gasteiger partial charge in [-0.25, -0.2) is 8.42 Å². The van der Waals surface area contributed by atoms with E-state index < -0.39 is 27.6 Å². The molecule has 0 saturated heterocycles. The number of alkyl halides is 6. The molecule has 0 aliphatic heterocycles. The van der Waals surface area contributed by atoms with E-state index in [2.05, 4.69) is 53.7 Å². The Balaban J connectivity index is 0.000000450. The minimum absolute atomic E-state index is 0.104. The fourth-order valence-electron chi connectivity index (χ4n) is 4.56. The Morgan fingerprint density at radius 1 is 0.667 bits per heavy atom. The highest BCUT2D eigenvalue weighted by atomic mass is 32.2. The molecule has 2 bridgehead atoms. The molecule has 0 spiro atoms. The zero-order chi connectivity index (χ0) is 26.8. The molecule has 33 heavy (non-hydrogen) atoms. The molecule has 0 aromatic rings. The molecule has 3 aliphatic rings. The van der Waals surface area contributed by atoms with Crippen molar-refractivity contribution in [3.8, 4) is 0 Å². The third-order valence-electron chi connectivity index (χ3n) is 6.06. The van der Waals surface area contributed by atoms with Crippen LogP contribution in [0.15, 0.2) is 12.2 Å². The van der Waals surface area contributed by atoms with Crippen LogP contribution in [0, 0.1) is 46.3 Å². The Bertz CT molecular complexity index is 692. The first-order valence-electron chi connectivity index (χ1n) is 11.2. The molecular weight excluding hydrogens is 466 g/mol. The Morgan fingerprint density at radius 2 is 0.909 bits per heavy atom. The van der Waals surface area contributed by atoms with Crippen LogP contribution in [0.3, 0.4) is 0 Å². The molecule has 2 saturated carbocycles. The largest absolute Gasteiger partial charge is 0.402 e. The highest BCUT2D eigenvalue weighted by Crippen LogP contribution is 2.59. The fourth-order valence-corrected chi connectivity index (χ4v) is 4.56. The first-order valence-corrected chi connectivity index (χ1v) is 13.5. The van der Waals surface area contributed by atoms with Crippen LogP contribution < -0.4 is 0 Å². The molecule has 0 N–H and O–H groups in total. The molecule has 0 radical (unpaired) electrons. The summed E-state index contributed by atoms with van der Waals surface area (Å²) in [7, 11) is -2.67. The van der Waals surface area contributed by atoms with Crippen LogP contribution in [-0.2, 0) is 9.84 Å². The monoisotopic (exact) mass is 508 g/mol. The van der Waals surface area contributed by atoms with Gasteiger partial charge in [0.05, 0.1) is 0 Å². The number of fused-ring (bicyclic) bond motifs is 5. The molecule has 0 aromatic carbocycles. The SMILES string of the molecule is CC(C)(C(F)(F)F)C(F)(F)F.CC(C)(C)C.CC1CC(C)C2C3C=CC(C3)C12.CS(C)(=O)=O. The van der Waals surface area contributed by atoms with Crippen molar-refractivity contribution in [1.29, 1.82) is 0 Å². The predicted molar refractivity (Wildman–Crippen MR) is 122 cm³/mol. The molecular formula is C24H42F6O2S. The van der Waals surface area contributed by atoms with Gasteiger partial charge >= 0.3 is 12.4 Å². The lowest BCUT2D eigenvalue weighted by molar-refractivity contribution is -0.327. The number of rotatable bonds is 0. The van der Waals surface area contributed by atoms with Crippen molar-refractivity contribution in [3.05, 3.63) is 12.2 Å². The third-order valence-corrected chi connectivity index (χ3v) is 6.06. The summed E-state index contributed by atoms with van der Waals surface area (Å²) in [5, 5.41) is 0. The van der Waals surface area contributed by atoms with E-state index >= 15 is 0 Å². The van der Waals surface area contributed by atoms with E-state index in [4.69, 9.17) is 0 Å². The molecule has 6 unspecified atom stereocenters. The summed E-state index contributed by atoms with van der Waals surface area (Å²) < 4.78 is 88.9. The summed E-state index contributed by atoms with van der Waals surface area (Å²) in [6.45, 7) is 13.9. The summed E-state index contributed by atoms with van der Waals surface area (Å²) in [6.07, 6.45) is -0.189. The fraction of sp³-hybridized carbons (Fsp3) is 0.917. The molecule has 198 valence electrons. The van der Waals surface area contributed by atoms with Gasteiger partial charge in [0.2, 0.25) is 0 Å². The zero-order valence-electron chi connectivity index (χ0n) is 21.5. The van der Waals surface area contributed by atoms with E-state index in [9.17, 15) is 34.8 Å². The molecule has 3 rings (SSSR count). The van der Waals surface area contributed by atoms with Gasteiger partial charge in [-0.3, -0.25) is 0 Å². The van der Waals surface area contributed by atoms with Gasteiger partial charge in [-0.15, -0.1) is 0 Å². The molecule has 9 heteroatoms. The Labute approximate surface area is 196 Å². The summed E-state index contributed by atoms with van der Waals surface area (Å²) in [5.41, 5.74) is -3.12. The van der Waals surface area contributed by atoms with E-state index in [1.807, 2.05) is 0 Å². The van der Waals surface area contributed by atoms with Gasteiger partial charge in [0.1, 0.15) is 9.84 Å². The van der Waals surface area contributed by atoms with Gasteiger partial charge in [-0.05, 0) is 67.6 Å². The van der Waals surface area contributed by atoms with E-state index in [0.29, 0.717) is 5.41 Å². The second-order valence-corrected chi connectivity index (χ2v) is 14.3. The maximum absolute atomic E-state index is 11.6. The topological polar surface area (TPSA) is 34.1 Å². The van der Waals surface area contributed by atoms with Gasteiger partial charge in [0, 0.05) is 12.5 Å². The minimum Gasteiger partial charge on any atom is -0.229 e. The maximum Gasteiger partial charge on any atom is 0.402 e. The van der Waals surface area contributed by atoms with Crippen LogP contribution >= 0.6 is 0 Å². The third kappa shape index (κ3) is 10.6. The van der Waals surface area contributed by atoms with Crippen LogP contribution in [0.5, 0.6) is 0 Å². The Morgan fingerprint density at radius 3 is 1.09 bits per heavy atom. The van der Waals surface area contributed by atoms with Crippen molar-refractivity contribution in [3.63, 3.8) is 0 Å². The van der Waals surface area contributed by atoms with Crippen molar-refractivity contribution >= 4 is 9.84 Å². The quantitative estimate of drug-likeness (QED) is 0.246. The molecule has 6 atom stereocenters. The molecule has 3 aliphatic carbocycles. The lowest BCUT2D eigenvalue weighted by Gasteiger charge is -2.29. The first-order chi connectivity index (χ1) is 14.3. The van der Waals surface area contributed by atoms with Crippen molar-refractivity contribution in [2.24, 2.45) is 46.3 Å². The van der Waals surface area contributed by atoms with Gasteiger partial charge in [-0.1, -0.05) is 53.7 Å². The summed E-state index contributed by atoms with van der Waals surface area (Å²) in [4.78, 5) is 0. The summed E-state index contributed by atoms with van der Waals surface area (Å²) >= 11 is 0. The number of allylic oxidation sites excluding steroid dienone is 2. The van der Waals surface area contributed by atoms with Crippen LogP contribution in [0.25, 0.3) is 0 Å². The number of halogens is 6. The van der Waals surface area contributed by atoms with E-state index in [1.54, 1.807) is 0 Å². The Hall–Kier alpha value is -0.730. The average Bonchev–Trinajstić information content (AvgIpc) is 3.17. The lowest BCUT2D eigenvalue weighted by atomic mass is 9.80. The standard InChI is InChI=1S/C12H18.C5H6F6.C5H12.C2H6O2S/c1-7-5-8(2)12-10-4-3-9(6-10)11(7)12;1-3(2,4(6,7)8)5(9,10)11;2*1-5(2,3)4/h3-4,7-12H,5-6H2,1-2H3;1-2H3;1-4H3;1-2H3. The predicted octanol–water partition coefficient (Wildman–Crippen LogP) is 7.95. The van der Waals surface area contributed by atoms with Gasteiger partial charge in [0.25, 0.3) is 0 Å². The Kier molecular flexibility index (Phi) is 10.7. The molecule has 2 nitrogen and oxygen atoms in total. The van der Waals surface area contributed by atoms with E-state index in [1.165, 1.54) is 12.8 Å². The lowest BCUT2D eigenvalue weighted by Crippen LogP contribution is -2.44. The highest BCUT2D eigenvalue weighted by molar-refractivity contribution is 7.89. The minimum atomic E-state index is -5.24. The smallest absolute Gasteiger partial charge is 0.229 e. The first kappa shape index (κ1) is 32.3. The average molecular weight is 509 g/mol.